The van der Waals surface area contributed by atoms with E-state index in [1.165, 1.54) is 19.3 Å². The molecule has 0 aromatic rings. The lowest BCUT2D eigenvalue weighted by Crippen LogP contribution is -2.48. The van der Waals surface area contributed by atoms with Gasteiger partial charge in [0.2, 0.25) is 5.91 Å². The van der Waals surface area contributed by atoms with Crippen molar-refractivity contribution in [2.75, 3.05) is 13.2 Å². The summed E-state index contributed by atoms with van der Waals surface area (Å²) in [6.45, 7) is 1.68. The molecule has 1 saturated heterocycles. The average molecular weight is 223 g/mol. The van der Waals surface area contributed by atoms with Gasteiger partial charge in [-0.3, -0.25) is 4.79 Å². The summed E-state index contributed by atoms with van der Waals surface area (Å²) in [6, 6.07) is 1.06. The molecule has 3 heteroatoms. The lowest BCUT2D eigenvalue weighted by atomic mass is 9.83. The van der Waals surface area contributed by atoms with Crippen LogP contribution in [0.2, 0.25) is 0 Å². The maximum absolute atomic E-state index is 12.4. The molecule has 3 nitrogen and oxygen atoms in total. The average Bonchev–Trinajstić information content (AvgIpc) is 3.01. The van der Waals surface area contributed by atoms with Crippen molar-refractivity contribution < 1.29 is 9.53 Å². The second-order valence-corrected chi connectivity index (χ2v) is 5.45. The maximum atomic E-state index is 12.4. The second-order valence-electron chi connectivity index (χ2n) is 5.45. The van der Waals surface area contributed by atoms with E-state index in [1.807, 2.05) is 0 Å². The fraction of sp³-hybridized carbons (Fsp3) is 0.923. The summed E-state index contributed by atoms with van der Waals surface area (Å²) in [7, 11) is 0. The molecule has 2 aliphatic carbocycles. The molecule has 0 bridgehead atoms. The smallest absolute Gasteiger partial charge is 0.226 e. The Balaban J connectivity index is 1.66. The van der Waals surface area contributed by atoms with E-state index >= 15 is 0 Å². The number of hydrogen-bond acceptors (Lipinski definition) is 2. The summed E-state index contributed by atoms with van der Waals surface area (Å²) in [4.78, 5) is 14.6. The number of ether oxygens (including phenoxy) is 1. The SMILES string of the molecule is O=C(C1CCC1)N(C1CCOCC1)C1CC1. The van der Waals surface area contributed by atoms with Crippen molar-refractivity contribution in [2.24, 2.45) is 5.92 Å². The Labute approximate surface area is 97.1 Å². The first kappa shape index (κ1) is 10.6. The molecule has 0 aromatic heterocycles. The third-order valence-electron chi connectivity index (χ3n) is 4.23. The molecule has 3 fully saturated rings. The van der Waals surface area contributed by atoms with Crippen molar-refractivity contribution in [3.63, 3.8) is 0 Å². The van der Waals surface area contributed by atoms with Crippen molar-refractivity contribution in [3.05, 3.63) is 0 Å². The highest BCUT2D eigenvalue weighted by molar-refractivity contribution is 5.80. The van der Waals surface area contributed by atoms with Crippen LogP contribution in [0.1, 0.15) is 44.9 Å². The highest BCUT2D eigenvalue weighted by Crippen LogP contribution is 2.36. The Morgan fingerprint density at radius 3 is 2.06 bits per heavy atom. The summed E-state index contributed by atoms with van der Waals surface area (Å²) in [5, 5.41) is 0. The third kappa shape index (κ3) is 1.97. The second kappa shape index (κ2) is 4.36. The van der Waals surface area contributed by atoms with Crippen molar-refractivity contribution >= 4 is 5.91 Å². The van der Waals surface area contributed by atoms with Gasteiger partial charge in [-0.25, -0.2) is 0 Å². The van der Waals surface area contributed by atoms with Crippen molar-refractivity contribution in [1.29, 1.82) is 0 Å². The van der Waals surface area contributed by atoms with Gasteiger partial charge in [0.05, 0.1) is 0 Å². The molecule has 1 amide bonds. The van der Waals surface area contributed by atoms with Gasteiger partial charge < -0.3 is 9.64 Å². The first-order valence-corrected chi connectivity index (χ1v) is 6.76. The summed E-state index contributed by atoms with van der Waals surface area (Å²) in [5.74, 6) is 0.823. The van der Waals surface area contributed by atoms with Crippen LogP contribution in [0.3, 0.4) is 0 Å². The van der Waals surface area contributed by atoms with E-state index in [9.17, 15) is 4.79 Å². The number of hydrogen-bond donors (Lipinski definition) is 0. The number of nitrogens with zero attached hydrogens (tertiary/aromatic N) is 1. The van der Waals surface area contributed by atoms with Crippen LogP contribution >= 0.6 is 0 Å². The zero-order valence-corrected chi connectivity index (χ0v) is 9.86. The fourth-order valence-electron chi connectivity index (χ4n) is 2.84. The standard InChI is InChI=1S/C13H21NO2/c15-13(10-2-1-3-10)14(11-4-5-11)12-6-8-16-9-7-12/h10-12H,1-9H2. The molecular formula is C13H21NO2. The highest BCUT2D eigenvalue weighted by atomic mass is 16.5. The summed E-state index contributed by atoms with van der Waals surface area (Å²) >= 11 is 0. The van der Waals surface area contributed by atoms with Crippen LogP contribution in [0.4, 0.5) is 0 Å². The van der Waals surface area contributed by atoms with Crippen LogP contribution in [-0.4, -0.2) is 36.1 Å². The molecule has 3 aliphatic rings. The van der Waals surface area contributed by atoms with Crippen molar-refractivity contribution in [1.82, 2.24) is 4.90 Å². The molecule has 0 aromatic carbocycles. The largest absolute Gasteiger partial charge is 0.381 e. The van der Waals surface area contributed by atoms with E-state index in [4.69, 9.17) is 4.74 Å². The van der Waals surface area contributed by atoms with E-state index in [0.29, 0.717) is 23.9 Å². The lowest BCUT2D eigenvalue weighted by Gasteiger charge is -2.38. The molecule has 1 aliphatic heterocycles. The van der Waals surface area contributed by atoms with Gasteiger partial charge in [0.25, 0.3) is 0 Å². The van der Waals surface area contributed by atoms with Gasteiger partial charge in [-0.2, -0.15) is 0 Å². The minimum absolute atomic E-state index is 0.364. The van der Waals surface area contributed by atoms with Gasteiger partial charge in [-0.15, -0.1) is 0 Å². The van der Waals surface area contributed by atoms with Crippen LogP contribution in [-0.2, 0) is 9.53 Å². The zero-order valence-electron chi connectivity index (χ0n) is 9.86. The Morgan fingerprint density at radius 1 is 0.938 bits per heavy atom. The summed E-state index contributed by atoms with van der Waals surface area (Å²) in [5.41, 5.74) is 0. The van der Waals surface area contributed by atoms with E-state index in [-0.39, 0.29) is 0 Å². The van der Waals surface area contributed by atoms with Gasteiger partial charge in [0.15, 0.2) is 0 Å². The first-order chi connectivity index (χ1) is 7.86. The van der Waals surface area contributed by atoms with Crippen LogP contribution in [0.15, 0.2) is 0 Å². The van der Waals surface area contributed by atoms with Crippen LogP contribution in [0.5, 0.6) is 0 Å². The van der Waals surface area contributed by atoms with Crippen LogP contribution in [0, 0.1) is 5.92 Å². The topological polar surface area (TPSA) is 29.5 Å². The van der Waals surface area contributed by atoms with Gasteiger partial charge in [0.1, 0.15) is 0 Å². The Morgan fingerprint density at radius 2 is 1.56 bits per heavy atom. The number of carbonyl (C=O) groups is 1. The van der Waals surface area contributed by atoms with Gasteiger partial charge >= 0.3 is 0 Å². The molecule has 0 spiro atoms. The molecule has 3 rings (SSSR count). The van der Waals surface area contributed by atoms with E-state index < -0.39 is 0 Å². The Kier molecular flexibility index (Phi) is 2.88. The van der Waals surface area contributed by atoms with E-state index in [0.717, 1.165) is 38.9 Å². The van der Waals surface area contributed by atoms with Crippen LogP contribution in [0.25, 0.3) is 0 Å². The van der Waals surface area contributed by atoms with Crippen molar-refractivity contribution in [2.45, 2.75) is 57.0 Å². The maximum Gasteiger partial charge on any atom is 0.226 e. The van der Waals surface area contributed by atoms with Crippen LogP contribution < -0.4 is 0 Å². The van der Waals surface area contributed by atoms with E-state index in [1.54, 1.807) is 0 Å². The first-order valence-electron chi connectivity index (χ1n) is 6.76. The molecule has 2 saturated carbocycles. The minimum Gasteiger partial charge on any atom is -0.381 e. The van der Waals surface area contributed by atoms with Gasteiger partial charge in [-0.1, -0.05) is 6.42 Å². The number of carbonyl (C=O) groups excluding carboxylic acids is 1. The van der Waals surface area contributed by atoms with Crippen molar-refractivity contribution in [3.8, 4) is 0 Å². The molecule has 90 valence electrons. The third-order valence-corrected chi connectivity index (χ3v) is 4.23. The number of amides is 1. The normalized spacial score (nSPS) is 27.5. The monoisotopic (exact) mass is 223 g/mol. The molecule has 1 heterocycles. The molecule has 0 unspecified atom stereocenters. The highest BCUT2D eigenvalue weighted by Gasteiger charge is 2.41. The predicted octanol–water partition coefficient (Wildman–Crippen LogP) is 1.96. The summed E-state index contributed by atoms with van der Waals surface area (Å²) < 4.78 is 5.39. The minimum atomic E-state index is 0.364. The van der Waals surface area contributed by atoms with E-state index in [2.05, 4.69) is 4.90 Å². The quantitative estimate of drug-likeness (QED) is 0.732. The Bertz CT molecular complexity index is 265. The predicted molar refractivity (Wildman–Crippen MR) is 61.1 cm³/mol. The molecular weight excluding hydrogens is 202 g/mol. The Hall–Kier alpha value is -0.570. The molecule has 0 radical (unpaired) electrons. The lowest BCUT2D eigenvalue weighted by molar-refractivity contribution is -0.143. The summed E-state index contributed by atoms with van der Waals surface area (Å²) in [6.07, 6.45) is 8.08. The zero-order chi connectivity index (χ0) is 11.0. The molecule has 0 atom stereocenters. The molecule has 0 N–H and O–H groups in total. The molecule has 16 heavy (non-hydrogen) atoms. The van der Waals surface area contributed by atoms with Gasteiger partial charge in [-0.05, 0) is 38.5 Å². The van der Waals surface area contributed by atoms with Gasteiger partial charge in [0, 0.05) is 31.2 Å². The number of rotatable bonds is 3. The fourth-order valence-corrected chi connectivity index (χ4v) is 2.84.